The summed E-state index contributed by atoms with van der Waals surface area (Å²) < 4.78 is 0. The highest BCUT2D eigenvalue weighted by Crippen LogP contribution is 2.60. The summed E-state index contributed by atoms with van der Waals surface area (Å²) in [6.07, 6.45) is 4.28. The molecule has 0 saturated carbocycles. The van der Waals surface area contributed by atoms with Crippen molar-refractivity contribution in [1.29, 1.82) is 0 Å². The van der Waals surface area contributed by atoms with Gasteiger partial charge < -0.3 is 9.80 Å². The number of benzene rings is 8. The van der Waals surface area contributed by atoms with Gasteiger partial charge in [0, 0.05) is 33.5 Å². The van der Waals surface area contributed by atoms with E-state index in [1.807, 2.05) is 0 Å². The zero-order chi connectivity index (χ0) is 38.8. The normalized spacial score (nSPS) is 16.7. The molecule has 3 aliphatic rings. The van der Waals surface area contributed by atoms with Gasteiger partial charge in [-0.2, -0.15) is 0 Å². The molecule has 1 spiro atoms. The van der Waals surface area contributed by atoms with Crippen LogP contribution in [0.5, 0.6) is 0 Å². The van der Waals surface area contributed by atoms with Gasteiger partial charge in [-0.3, -0.25) is 0 Å². The minimum Gasteiger partial charge on any atom is -0.310 e. The largest absolute Gasteiger partial charge is 0.310 e. The molecule has 0 bridgehead atoms. The Bertz CT molecular complexity index is 2820. The maximum atomic E-state index is 2.56. The van der Waals surface area contributed by atoms with Crippen molar-refractivity contribution >= 4 is 34.1 Å². The van der Waals surface area contributed by atoms with E-state index >= 15 is 0 Å². The summed E-state index contributed by atoms with van der Waals surface area (Å²) in [5.41, 5.74) is 20.9. The highest BCUT2D eigenvalue weighted by Gasteiger charge is 2.49. The third-order valence-electron chi connectivity index (χ3n) is 13.4. The molecular weight excluding hydrogens is 701 g/mol. The SMILES string of the molecule is CC1(C)c2ccccc2-c2ccc(N(c3ccccc3)c3cccc4c3[C@@]3(CC4)CCc4cccc(N(c5ccccc5)c5ccccc5-c5ccccc5)c43)cc21. The van der Waals surface area contributed by atoms with Gasteiger partial charge in [-0.1, -0.05) is 153 Å². The molecule has 8 aromatic rings. The van der Waals surface area contributed by atoms with E-state index in [-0.39, 0.29) is 10.8 Å². The third-order valence-corrected chi connectivity index (χ3v) is 13.4. The fraction of sp³-hybridized carbons (Fsp3) is 0.143. The second-order valence-electron chi connectivity index (χ2n) is 16.8. The summed E-state index contributed by atoms with van der Waals surface area (Å²) in [6, 6.07) is 72.2. The fourth-order valence-corrected chi connectivity index (χ4v) is 10.9. The smallest absolute Gasteiger partial charge is 0.0540 e. The minimum absolute atomic E-state index is 0.0968. The van der Waals surface area contributed by atoms with E-state index in [0.717, 1.165) is 25.7 Å². The maximum absolute atomic E-state index is 2.56. The first-order chi connectivity index (χ1) is 28.5. The summed E-state index contributed by atoms with van der Waals surface area (Å²) in [5, 5.41) is 0. The molecule has 0 amide bonds. The lowest BCUT2D eigenvalue weighted by Gasteiger charge is -2.37. The van der Waals surface area contributed by atoms with Gasteiger partial charge in [-0.25, -0.2) is 0 Å². The van der Waals surface area contributed by atoms with Gasteiger partial charge in [0.25, 0.3) is 0 Å². The van der Waals surface area contributed by atoms with Crippen LogP contribution in [0.25, 0.3) is 22.3 Å². The van der Waals surface area contributed by atoms with Crippen LogP contribution in [-0.2, 0) is 23.7 Å². The highest BCUT2D eigenvalue weighted by atomic mass is 15.2. The van der Waals surface area contributed by atoms with Crippen LogP contribution in [0.4, 0.5) is 34.1 Å². The van der Waals surface area contributed by atoms with Crippen molar-refractivity contribution in [3.63, 3.8) is 0 Å². The fourth-order valence-electron chi connectivity index (χ4n) is 10.9. The highest BCUT2D eigenvalue weighted by molar-refractivity contribution is 5.92. The van der Waals surface area contributed by atoms with E-state index < -0.39 is 0 Å². The van der Waals surface area contributed by atoms with Crippen molar-refractivity contribution in [3.05, 3.63) is 228 Å². The first kappa shape index (κ1) is 34.6. The number of anilines is 6. The molecule has 0 saturated heterocycles. The first-order valence-corrected chi connectivity index (χ1v) is 20.9. The molecule has 0 aromatic heterocycles. The Hall–Kier alpha value is -6.64. The van der Waals surface area contributed by atoms with Crippen LogP contribution in [0, 0.1) is 0 Å². The van der Waals surface area contributed by atoms with Crippen molar-refractivity contribution in [2.45, 2.75) is 50.4 Å². The molecule has 2 heteroatoms. The third kappa shape index (κ3) is 5.24. The van der Waals surface area contributed by atoms with E-state index in [0.29, 0.717) is 0 Å². The number of hydrogen-bond acceptors (Lipinski definition) is 2. The Labute approximate surface area is 342 Å². The molecule has 280 valence electrons. The first-order valence-electron chi connectivity index (χ1n) is 20.9. The maximum Gasteiger partial charge on any atom is 0.0540 e. The average molecular weight is 747 g/mol. The predicted molar refractivity (Wildman–Crippen MR) is 243 cm³/mol. The summed E-state index contributed by atoms with van der Waals surface area (Å²) >= 11 is 0. The molecule has 1 atom stereocenters. The minimum atomic E-state index is -0.161. The number of rotatable bonds is 7. The second kappa shape index (κ2) is 13.5. The molecule has 11 rings (SSSR count). The molecule has 8 aromatic carbocycles. The molecule has 3 aliphatic carbocycles. The molecule has 0 unspecified atom stereocenters. The Morgan fingerprint density at radius 3 is 1.53 bits per heavy atom. The zero-order valence-electron chi connectivity index (χ0n) is 33.2. The molecule has 0 aliphatic heterocycles. The lowest BCUT2D eigenvalue weighted by atomic mass is 9.74. The van der Waals surface area contributed by atoms with Gasteiger partial charge in [0.2, 0.25) is 0 Å². The number of para-hydroxylation sites is 3. The lowest BCUT2D eigenvalue weighted by molar-refractivity contribution is 0.508. The van der Waals surface area contributed by atoms with Gasteiger partial charge in [0.1, 0.15) is 0 Å². The van der Waals surface area contributed by atoms with Gasteiger partial charge in [-0.05, 0) is 130 Å². The molecule has 0 N–H and O–H groups in total. The van der Waals surface area contributed by atoms with Crippen LogP contribution in [0.3, 0.4) is 0 Å². The summed E-state index contributed by atoms with van der Waals surface area (Å²) in [7, 11) is 0. The average Bonchev–Trinajstić information content (AvgIpc) is 3.93. The Balaban J connectivity index is 1.13. The van der Waals surface area contributed by atoms with Crippen LogP contribution < -0.4 is 9.80 Å². The lowest BCUT2D eigenvalue weighted by Crippen LogP contribution is -2.27. The van der Waals surface area contributed by atoms with E-state index in [4.69, 9.17) is 0 Å². The molecule has 58 heavy (non-hydrogen) atoms. The van der Waals surface area contributed by atoms with Crippen molar-refractivity contribution in [3.8, 4) is 22.3 Å². The van der Waals surface area contributed by atoms with E-state index in [1.54, 1.807) is 0 Å². The van der Waals surface area contributed by atoms with Gasteiger partial charge in [0.15, 0.2) is 0 Å². The van der Waals surface area contributed by atoms with Crippen LogP contribution in [0.2, 0.25) is 0 Å². The number of nitrogens with zero attached hydrogens (tertiary/aromatic N) is 2. The summed E-state index contributed by atoms with van der Waals surface area (Å²) in [6.45, 7) is 4.77. The molecule has 0 radical (unpaired) electrons. The Morgan fingerprint density at radius 2 is 0.879 bits per heavy atom. The summed E-state index contributed by atoms with van der Waals surface area (Å²) in [4.78, 5) is 5.11. The van der Waals surface area contributed by atoms with Crippen LogP contribution >= 0.6 is 0 Å². The Kier molecular flexibility index (Phi) is 8.05. The van der Waals surface area contributed by atoms with Crippen molar-refractivity contribution in [1.82, 2.24) is 0 Å². The number of fused-ring (bicyclic) bond motifs is 7. The van der Waals surface area contributed by atoms with Gasteiger partial charge in [0.05, 0.1) is 17.1 Å². The quantitative estimate of drug-likeness (QED) is 0.160. The van der Waals surface area contributed by atoms with Crippen molar-refractivity contribution < 1.29 is 0 Å². The molecule has 2 nitrogen and oxygen atoms in total. The van der Waals surface area contributed by atoms with Crippen molar-refractivity contribution in [2.75, 3.05) is 9.80 Å². The number of aryl methyl sites for hydroxylation is 2. The van der Waals surface area contributed by atoms with E-state index in [1.165, 1.54) is 89.8 Å². The molecule has 0 fully saturated rings. The van der Waals surface area contributed by atoms with Gasteiger partial charge >= 0.3 is 0 Å². The second-order valence-corrected chi connectivity index (χ2v) is 16.8. The van der Waals surface area contributed by atoms with Crippen molar-refractivity contribution in [2.24, 2.45) is 0 Å². The monoisotopic (exact) mass is 746 g/mol. The van der Waals surface area contributed by atoms with Crippen LogP contribution in [-0.4, -0.2) is 0 Å². The molecular formula is C56H46N2. The van der Waals surface area contributed by atoms with E-state index in [9.17, 15) is 0 Å². The standard InChI is InChI=1S/C56H46N2/c1-55(2)48-28-14-12-27-46(48)47-33-32-44(38-49(47)55)57(42-22-8-4-9-23-42)51-30-16-20-40-34-36-56(53(40)51)37-35-41-21-17-31-52(54(41)56)58(43-24-10-5-11-25-43)50-29-15-13-26-45(50)39-18-6-3-7-19-39/h3-33,38H,34-37H2,1-2H3/t56-/m1/s1. The summed E-state index contributed by atoms with van der Waals surface area (Å²) in [5.74, 6) is 0. The topological polar surface area (TPSA) is 6.48 Å². The van der Waals surface area contributed by atoms with E-state index in [2.05, 4.69) is 218 Å². The van der Waals surface area contributed by atoms with Gasteiger partial charge in [-0.15, -0.1) is 0 Å². The van der Waals surface area contributed by atoms with Crippen LogP contribution in [0.1, 0.15) is 60.1 Å². The predicted octanol–water partition coefficient (Wildman–Crippen LogP) is 14.8. The Morgan fingerprint density at radius 1 is 0.379 bits per heavy atom. The zero-order valence-corrected chi connectivity index (χ0v) is 33.2. The number of hydrogen-bond donors (Lipinski definition) is 0. The molecule has 0 heterocycles. The van der Waals surface area contributed by atoms with Crippen LogP contribution in [0.15, 0.2) is 194 Å².